The number of likely N-dealkylation sites (tertiary alicyclic amines) is 1. The number of rotatable bonds is 3. The zero-order valence-corrected chi connectivity index (χ0v) is 16.3. The molecule has 0 bridgehead atoms. The molecule has 1 unspecified atom stereocenters. The van der Waals surface area contributed by atoms with Crippen LogP contribution >= 0.6 is 0 Å². The van der Waals surface area contributed by atoms with Crippen molar-refractivity contribution in [3.63, 3.8) is 0 Å². The highest BCUT2D eigenvalue weighted by atomic mass is 16.2. The summed E-state index contributed by atoms with van der Waals surface area (Å²) in [6, 6.07) is 10.2. The molecular formula is C23H26N4O. The van der Waals surface area contributed by atoms with Gasteiger partial charge in [0.2, 0.25) is 5.91 Å². The number of piperidine rings is 2. The molecule has 5 atom stereocenters. The quantitative estimate of drug-likeness (QED) is 0.897. The van der Waals surface area contributed by atoms with Crippen molar-refractivity contribution in [2.75, 3.05) is 26.2 Å². The number of carbonyl (C=O) groups is 1. The maximum atomic E-state index is 13.0. The Kier molecular flexibility index (Phi) is 4.32. The maximum absolute atomic E-state index is 13.0. The Bertz CT molecular complexity index is 955. The molecule has 3 heterocycles. The van der Waals surface area contributed by atoms with Gasteiger partial charge < -0.3 is 10.2 Å². The largest absolute Gasteiger partial charge is 0.342 e. The molecule has 3 aliphatic rings. The van der Waals surface area contributed by atoms with Crippen LogP contribution in [0.2, 0.25) is 0 Å². The second-order valence-electron chi connectivity index (χ2n) is 8.90. The van der Waals surface area contributed by atoms with Gasteiger partial charge in [-0.1, -0.05) is 19.1 Å². The molecule has 5 nitrogen and oxygen atoms in total. The van der Waals surface area contributed by atoms with Crippen LogP contribution in [0, 0.1) is 35.0 Å². The van der Waals surface area contributed by atoms with Crippen molar-refractivity contribution in [1.29, 1.82) is 5.26 Å². The van der Waals surface area contributed by atoms with Gasteiger partial charge in [0, 0.05) is 37.0 Å². The summed E-state index contributed by atoms with van der Waals surface area (Å²) in [6.07, 6.45) is 3.53. The Hall–Kier alpha value is -2.45. The van der Waals surface area contributed by atoms with Gasteiger partial charge in [-0.15, -0.1) is 0 Å². The molecule has 1 aromatic heterocycles. The van der Waals surface area contributed by atoms with Crippen LogP contribution in [0.15, 0.2) is 30.5 Å². The van der Waals surface area contributed by atoms with Crippen LogP contribution in [0.1, 0.15) is 36.8 Å². The van der Waals surface area contributed by atoms with E-state index in [0.717, 1.165) is 55.3 Å². The van der Waals surface area contributed by atoms with Gasteiger partial charge in [0.1, 0.15) is 6.07 Å². The summed E-state index contributed by atoms with van der Waals surface area (Å²) in [4.78, 5) is 19.6. The number of amides is 1. The molecular weight excluding hydrogens is 348 g/mol. The minimum Gasteiger partial charge on any atom is -0.342 e. The molecule has 2 saturated heterocycles. The minimum absolute atomic E-state index is 0.299. The molecule has 0 spiro atoms. The summed E-state index contributed by atoms with van der Waals surface area (Å²) >= 11 is 0. The number of fused-ring (bicyclic) bond motifs is 2. The molecule has 0 radical (unpaired) electrons. The Morgan fingerprint density at radius 2 is 2.11 bits per heavy atom. The Balaban J connectivity index is 1.38. The van der Waals surface area contributed by atoms with Gasteiger partial charge in [0.05, 0.1) is 11.1 Å². The highest BCUT2D eigenvalue weighted by Gasteiger charge is 2.53. The fourth-order valence-electron chi connectivity index (χ4n) is 5.60. The van der Waals surface area contributed by atoms with Crippen molar-refractivity contribution in [2.24, 2.45) is 23.7 Å². The van der Waals surface area contributed by atoms with E-state index < -0.39 is 0 Å². The zero-order valence-electron chi connectivity index (χ0n) is 16.3. The molecule has 2 aliphatic heterocycles. The molecule has 5 rings (SSSR count). The third-order valence-corrected chi connectivity index (χ3v) is 7.06. The van der Waals surface area contributed by atoms with Crippen LogP contribution in [0.25, 0.3) is 10.9 Å². The van der Waals surface area contributed by atoms with Crippen LogP contribution in [0.3, 0.4) is 0 Å². The SMILES string of the molecule is C[C@@H]1C[C@H](c2ccc(C#N)c3ncccc23)CN(C(=O)CC2[C@H]3CNC[C@@H]23)C1. The number of nitriles is 1. The predicted octanol–water partition coefficient (Wildman–Crippen LogP) is 2.91. The van der Waals surface area contributed by atoms with Crippen LogP contribution in [-0.2, 0) is 4.79 Å². The Morgan fingerprint density at radius 3 is 2.89 bits per heavy atom. The average Bonchev–Trinajstić information content (AvgIpc) is 3.12. The fourth-order valence-corrected chi connectivity index (χ4v) is 5.60. The van der Waals surface area contributed by atoms with Gasteiger partial charge in [-0.3, -0.25) is 9.78 Å². The van der Waals surface area contributed by atoms with E-state index in [4.69, 9.17) is 0 Å². The van der Waals surface area contributed by atoms with Crippen LogP contribution in [-0.4, -0.2) is 42.0 Å². The van der Waals surface area contributed by atoms with E-state index in [2.05, 4.69) is 40.3 Å². The van der Waals surface area contributed by atoms with E-state index in [1.807, 2.05) is 12.1 Å². The number of aromatic nitrogens is 1. The van der Waals surface area contributed by atoms with Crippen molar-refractivity contribution in [3.8, 4) is 6.07 Å². The number of nitrogens with zero attached hydrogens (tertiary/aromatic N) is 3. The molecule has 144 valence electrons. The van der Waals surface area contributed by atoms with Gasteiger partial charge >= 0.3 is 0 Å². The second-order valence-corrected chi connectivity index (χ2v) is 8.90. The smallest absolute Gasteiger partial charge is 0.222 e. The molecule has 1 aliphatic carbocycles. The Labute approximate surface area is 165 Å². The average molecular weight is 374 g/mol. The first-order chi connectivity index (χ1) is 13.7. The molecule has 28 heavy (non-hydrogen) atoms. The van der Waals surface area contributed by atoms with Crippen molar-refractivity contribution in [1.82, 2.24) is 15.2 Å². The standard InChI is InChI=1S/C23H26N4O/c1-14-7-16(17-5-4-15(9-24)23-18(17)3-2-6-26-23)13-27(12-14)22(28)8-19-20-10-25-11-21(19)20/h2-6,14,16,19-21,25H,7-8,10-13H2,1H3/t14-,16+,19?,20-,21+/m1/s1. The summed E-state index contributed by atoms with van der Waals surface area (Å²) < 4.78 is 0. The van der Waals surface area contributed by atoms with E-state index >= 15 is 0 Å². The highest BCUT2D eigenvalue weighted by molar-refractivity contribution is 5.87. The third kappa shape index (κ3) is 2.97. The van der Waals surface area contributed by atoms with Crippen molar-refractivity contribution in [2.45, 2.75) is 25.7 Å². The number of hydrogen-bond acceptors (Lipinski definition) is 4. The lowest BCUT2D eigenvalue weighted by atomic mass is 9.83. The first kappa shape index (κ1) is 17.6. The van der Waals surface area contributed by atoms with E-state index in [1.165, 1.54) is 5.56 Å². The first-order valence-electron chi connectivity index (χ1n) is 10.4. The van der Waals surface area contributed by atoms with E-state index in [1.54, 1.807) is 6.20 Å². The molecule has 1 saturated carbocycles. The summed E-state index contributed by atoms with van der Waals surface area (Å²) in [6.45, 7) is 6.06. The summed E-state index contributed by atoms with van der Waals surface area (Å²) in [7, 11) is 0. The number of benzene rings is 1. The lowest BCUT2D eigenvalue weighted by molar-refractivity contribution is -0.133. The molecule has 1 aromatic carbocycles. The molecule has 1 amide bonds. The fraction of sp³-hybridized carbons (Fsp3) is 0.522. The molecule has 5 heteroatoms. The van der Waals surface area contributed by atoms with Gasteiger partial charge in [-0.05, 0) is 60.9 Å². The number of hydrogen-bond donors (Lipinski definition) is 1. The van der Waals surface area contributed by atoms with Crippen molar-refractivity contribution in [3.05, 3.63) is 41.6 Å². The monoisotopic (exact) mass is 374 g/mol. The van der Waals surface area contributed by atoms with Crippen LogP contribution in [0.4, 0.5) is 0 Å². The maximum Gasteiger partial charge on any atom is 0.222 e. The molecule has 2 aromatic rings. The zero-order chi connectivity index (χ0) is 19.3. The molecule has 1 N–H and O–H groups in total. The minimum atomic E-state index is 0.299. The normalized spacial score (nSPS) is 31.4. The molecule has 3 fully saturated rings. The van der Waals surface area contributed by atoms with Crippen LogP contribution < -0.4 is 5.32 Å². The van der Waals surface area contributed by atoms with E-state index in [0.29, 0.717) is 35.6 Å². The predicted molar refractivity (Wildman–Crippen MR) is 108 cm³/mol. The van der Waals surface area contributed by atoms with Gasteiger partial charge in [-0.2, -0.15) is 5.26 Å². The van der Waals surface area contributed by atoms with E-state index in [9.17, 15) is 10.1 Å². The summed E-state index contributed by atoms with van der Waals surface area (Å²) in [5.41, 5.74) is 2.61. The van der Waals surface area contributed by atoms with Gasteiger partial charge in [0.15, 0.2) is 0 Å². The highest BCUT2D eigenvalue weighted by Crippen LogP contribution is 2.51. The number of carbonyl (C=O) groups excluding carboxylic acids is 1. The van der Waals surface area contributed by atoms with Crippen molar-refractivity contribution < 1.29 is 4.79 Å². The van der Waals surface area contributed by atoms with Crippen molar-refractivity contribution >= 4 is 16.8 Å². The Morgan fingerprint density at radius 1 is 1.29 bits per heavy atom. The first-order valence-corrected chi connectivity index (χ1v) is 10.4. The topological polar surface area (TPSA) is 69.0 Å². The van der Waals surface area contributed by atoms with Gasteiger partial charge in [0.25, 0.3) is 0 Å². The number of nitrogens with one attached hydrogen (secondary N) is 1. The lowest BCUT2D eigenvalue weighted by Crippen LogP contribution is -2.43. The lowest BCUT2D eigenvalue weighted by Gasteiger charge is -2.37. The summed E-state index contributed by atoms with van der Waals surface area (Å²) in [5.74, 6) is 3.17. The van der Waals surface area contributed by atoms with Crippen LogP contribution in [0.5, 0.6) is 0 Å². The number of pyridine rings is 1. The van der Waals surface area contributed by atoms with E-state index in [-0.39, 0.29) is 0 Å². The third-order valence-electron chi connectivity index (χ3n) is 7.06. The second kappa shape index (κ2) is 6.86. The summed E-state index contributed by atoms with van der Waals surface area (Å²) in [5, 5.41) is 13.9. The van der Waals surface area contributed by atoms with Gasteiger partial charge in [-0.25, -0.2) is 0 Å².